The van der Waals surface area contributed by atoms with Crippen molar-refractivity contribution in [2.24, 2.45) is 0 Å². The second-order valence-corrected chi connectivity index (χ2v) is 3.45. The average Bonchev–Trinajstić information content (AvgIpc) is 2.23. The topological polar surface area (TPSA) is 67.8 Å². The van der Waals surface area contributed by atoms with E-state index in [0.29, 0.717) is 6.42 Å². The highest BCUT2D eigenvalue weighted by Crippen LogP contribution is 2.11. The zero-order valence-corrected chi connectivity index (χ0v) is 8.97. The van der Waals surface area contributed by atoms with Gasteiger partial charge in [-0.25, -0.2) is 0 Å². The number of amides is 1. The maximum Gasteiger partial charge on any atom is 0.277 e. The fourth-order valence-corrected chi connectivity index (χ4v) is 1.49. The zero-order valence-electron chi connectivity index (χ0n) is 8.97. The molecule has 0 aromatic rings. The van der Waals surface area contributed by atoms with Gasteiger partial charge in [-0.3, -0.25) is 4.79 Å². The first-order valence-corrected chi connectivity index (χ1v) is 4.89. The van der Waals surface area contributed by atoms with Crippen LogP contribution in [-0.2, 0) is 14.3 Å². The number of rotatable bonds is 4. The molecule has 2 atom stereocenters. The molecule has 0 aromatic carbocycles. The molecule has 1 amide bonds. The number of hydrogen-bond donors (Lipinski definition) is 2. The molecule has 0 bridgehead atoms. The Morgan fingerprint density at radius 3 is 2.53 bits per heavy atom. The molecule has 0 aromatic heterocycles. The predicted molar refractivity (Wildman–Crippen MR) is 54.1 cm³/mol. The lowest BCUT2D eigenvalue weighted by molar-refractivity contribution is -0.159. The number of aliphatic hydroxyl groups excluding tert-OH is 1. The molecule has 1 aliphatic rings. The van der Waals surface area contributed by atoms with E-state index >= 15 is 0 Å². The van der Waals surface area contributed by atoms with Gasteiger partial charge in [-0.15, -0.1) is 0 Å². The number of methoxy groups -OCH3 is 2. The fourth-order valence-electron chi connectivity index (χ4n) is 1.49. The van der Waals surface area contributed by atoms with Crippen LogP contribution in [0.2, 0.25) is 0 Å². The van der Waals surface area contributed by atoms with Crippen molar-refractivity contribution in [2.45, 2.75) is 31.3 Å². The highest BCUT2D eigenvalue weighted by atomic mass is 16.7. The molecular formula is C10H17NO4. The Bertz CT molecular complexity index is 238. The zero-order chi connectivity index (χ0) is 11.3. The highest BCUT2D eigenvalue weighted by molar-refractivity contribution is 5.79. The molecule has 0 saturated carbocycles. The second-order valence-electron chi connectivity index (χ2n) is 3.45. The second kappa shape index (κ2) is 5.85. The predicted octanol–water partition coefficient (Wildman–Crippen LogP) is -0.199. The van der Waals surface area contributed by atoms with Crippen molar-refractivity contribution in [3.8, 4) is 0 Å². The third-order valence-corrected chi connectivity index (χ3v) is 2.31. The number of hydrogen-bond acceptors (Lipinski definition) is 4. The molecule has 1 rings (SSSR count). The number of carbonyl (C=O) groups excluding carboxylic acids is 1. The highest BCUT2D eigenvalue weighted by Gasteiger charge is 2.21. The quantitative estimate of drug-likeness (QED) is 0.503. The Kier molecular flexibility index (Phi) is 4.74. The van der Waals surface area contributed by atoms with Gasteiger partial charge in [-0.2, -0.15) is 0 Å². The Morgan fingerprint density at radius 2 is 2.07 bits per heavy atom. The van der Waals surface area contributed by atoms with Gasteiger partial charge in [-0.1, -0.05) is 12.2 Å². The summed E-state index contributed by atoms with van der Waals surface area (Å²) in [7, 11) is 2.82. The van der Waals surface area contributed by atoms with E-state index in [2.05, 4.69) is 5.32 Å². The maximum absolute atomic E-state index is 11.5. The van der Waals surface area contributed by atoms with Gasteiger partial charge in [0.1, 0.15) is 0 Å². The lowest BCUT2D eigenvalue weighted by Gasteiger charge is -2.22. The van der Waals surface area contributed by atoms with E-state index in [9.17, 15) is 9.90 Å². The summed E-state index contributed by atoms with van der Waals surface area (Å²) in [6.45, 7) is 0. The van der Waals surface area contributed by atoms with E-state index in [0.717, 1.165) is 6.42 Å². The summed E-state index contributed by atoms with van der Waals surface area (Å²) in [6, 6.07) is -0.0475. The summed E-state index contributed by atoms with van der Waals surface area (Å²) in [6.07, 6.45) is 3.59. The average molecular weight is 215 g/mol. The molecule has 0 unspecified atom stereocenters. The molecule has 0 spiro atoms. The smallest absolute Gasteiger partial charge is 0.277 e. The summed E-state index contributed by atoms with van der Waals surface area (Å²) in [5.41, 5.74) is 0. The molecule has 15 heavy (non-hydrogen) atoms. The van der Waals surface area contributed by atoms with Crippen molar-refractivity contribution in [3.05, 3.63) is 12.2 Å². The molecular weight excluding hydrogens is 198 g/mol. The van der Waals surface area contributed by atoms with E-state index in [4.69, 9.17) is 9.47 Å². The Hall–Kier alpha value is -0.910. The Labute approximate surface area is 89.1 Å². The SMILES string of the molecule is COC(OC)C(=O)N[C@@H]1C=C[C@H](O)CC1. The molecule has 1 aliphatic carbocycles. The first kappa shape index (κ1) is 12.2. The van der Waals surface area contributed by atoms with Gasteiger partial charge in [-0.05, 0) is 12.8 Å². The van der Waals surface area contributed by atoms with Crippen molar-refractivity contribution in [3.63, 3.8) is 0 Å². The standard InChI is InChI=1S/C10H17NO4/c1-14-10(15-2)9(13)11-7-3-5-8(12)6-4-7/h3,5,7-8,10,12H,4,6H2,1-2H3,(H,11,13)/t7-,8+/m1/s1. The van der Waals surface area contributed by atoms with Crippen LogP contribution in [0.3, 0.4) is 0 Å². The van der Waals surface area contributed by atoms with Gasteiger partial charge < -0.3 is 19.9 Å². The number of nitrogens with one attached hydrogen (secondary N) is 1. The van der Waals surface area contributed by atoms with Crippen LogP contribution in [0.1, 0.15) is 12.8 Å². The third kappa shape index (κ3) is 3.62. The van der Waals surface area contributed by atoms with Crippen LogP contribution in [0.25, 0.3) is 0 Å². The first-order valence-electron chi connectivity index (χ1n) is 4.89. The van der Waals surface area contributed by atoms with E-state index in [1.807, 2.05) is 0 Å². The number of carbonyl (C=O) groups is 1. The normalized spacial score (nSPS) is 25.6. The summed E-state index contributed by atoms with van der Waals surface area (Å²) in [5, 5.41) is 12.0. The summed E-state index contributed by atoms with van der Waals surface area (Å²) in [5.74, 6) is -0.300. The molecule has 0 radical (unpaired) electrons. The van der Waals surface area contributed by atoms with Crippen molar-refractivity contribution in [2.75, 3.05) is 14.2 Å². The van der Waals surface area contributed by atoms with E-state index in [-0.39, 0.29) is 11.9 Å². The maximum atomic E-state index is 11.5. The van der Waals surface area contributed by atoms with Crippen molar-refractivity contribution >= 4 is 5.91 Å². The lowest BCUT2D eigenvalue weighted by Crippen LogP contribution is -2.43. The molecule has 0 fully saturated rings. The Balaban J connectivity index is 2.41. The molecule has 86 valence electrons. The molecule has 0 heterocycles. The van der Waals surface area contributed by atoms with Crippen LogP contribution in [0, 0.1) is 0 Å². The summed E-state index contributed by atoms with van der Waals surface area (Å²) >= 11 is 0. The van der Waals surface area contributed by atoms with E-state index < -0.39 is 12.4 Å². The van der Waals surface area contributed by atoms with Gasteiger partial charge in [0.15, 0.2) is 0 Å². The van der Waals surface area contributed by atoms with E-state index in [1.54, 1.807) is 12.2 Å². The van der Waals surface area contributed by atoms with E-state index in [1.165, 1.54) is 14.2 Å². The third-order valence-electron chi connectivity index (χ3n) is 2.31. The minimum absolute atomic E-state index is 0.0475. The van der Waals surface area contributed by atoms with Crippen molar-refractivity contribution in [1.82, 2.24) is 5.32 Å². The van der Waals surface area contributed by atoms with Crippen LogP contribution in [0.15, 0.2) is 12.2 Å². The molecule has 5 heteroatoms. The van der Waals surface area contributed by atoms with Crippen LogP contribution in [0.4, 0.5) is 0 Å². The summed E-state index contributed by atoms with van der Waals surface area (Å²) < 4.78 is 9.63. The monoisotopic (exact) mass is 215 g/mol. The van der Waals surface area contributed by atoms with Gasteiger partial charge in [0, 0.05) is 20.3 Å². The largest absolute Gasteiger partial charge is 0.389 e. The van der Waals surface area contributed by atoms with Gasteiger partial charge in [0.25, 0.3) is 5.91 Å². The minimum atomic E-state index is -0.870. The molecule has 0 saturated heterocycles. The Morgan fingerprint density at radius 1 is 1.40 bits per heavy atom. The van der Waals surface area contributed by atoms with Gasteiger partial charge in [0.2, 0.25) is 6.29 Å². The van der Waals surface area contributed by atoms with Crippen LogP contribution < -0.4 is 5.32 Å². The van der Waals surface area contributed by atoms with Gasteiger partial charge in [0.05, 0.1) is 6.10 Å². The summed E-state index contributed by atoms with van der Waals surface area (Å²) in [4.78, 5) is 11.5. The number of aliphatic hydroxyl groups is 1. The molecule has 2 N–H and O–H groups in total. The minimum Gasteiger partial charge on any atom is -0.389 e. The number of ether oxygens (including phenoxy) is 2. The first-order chi connectivity index (χ1) is 7.17. The van der Waals surface area contributed by atoms with Crippen molar-refractivity contribution in [1.29, 1.82) is 0 Å². The fraction of sp³-hybridized carbons (Fsp3) is 0.700. The van der Waals surface area contributed by atoms with Gasteiger partial charge >= 0.3 is 0 Å². The molecule has 0 aliphatic heterocycles. The lowest BCUT2D eigenvalue weighted by atomic mass is 10.0. The van der Waals surface area contributed by atoms with Crippen LogP contribution in [0.5, 0.6) is 0 Å². The molecule has 5 nitrogen and oxygen atoms in total. The van der Waals surface area contributed by atoms with Crippen LogP contribution >= 0.6 is 0 Å². The van der Waals surface area contributed by atoms with Crippen molar-refractivity contribution < 1.29 is 19.4 Å². The van der Waals surface area contributed by atoms with Crippen LogP contribution in [-0.4, -0.2) is 43.7 Å².